The van der Waals surface area contributed by atoms with Crippen molar-refractivity contribution in [2.75, 3.05) is 37.5 Å². The van der Waals surface area contributed by atoms with Gasteiger partial charge in [-0.2, -0.15) is 10.1 Å². The van der Waals surface area contributed by atoms with Crippen molar-refractivity contribution in [3.05, 3.63) is 23.4 Å². The highest BCUT2D eigenvalue weighted by atomic mass is 35.5. The van der Waals surface area contributed by atoms with Crippen molar-refractivity contribution in [2.24, 2.45) is 5.92 Å². The lowest BCUT2D eigenvalue weighted by atomic mass is 10.0. The molecule has 0 spiro atoms. The third kappa shape index (κ3) is 4.04. The first kappa shape index (κ1) is 17.5. The Morgan fingerprint density at radius 1 is 1.24 bits per heavy atom. The van der Waals surface area contributed by atoms with Crippen molar-refractivity contribution in [1.82, 2.24) is 15.2 Å². The minimum atomic E-state index is 0.401. The number of hydrogen-bond acceptors (Lipinski definition) is 7. The molecule has 0 radical (unpaired) electrons. The van der Waals surface area contributed by atoms with Crippen LogP contribution in [0.1, 0.15) is 19.8 Å². The average molecular weight is 364 g/mol. The monoisotopic (exact) mass is 363 g/mol. The maximum absolute atomic E-state index is 6.14. The predicted octanol–water partition coefficient (Wildman–Crippen LogP) is 3.52. The zero-order chi connectivity index (χ0) is 17.8. The summed E-state index contributed by atoms with van der Waals surface area (Å²) in [4.78, 5) is 6.84. The van der Waals surface area contributed by atoms with Gasteiger partial charge in [-0.15, -0.1) is 5.10 Å². The van der Waals surface area contributed by atoms with E-state index >= 15 is 0 Å². The van der Waals surface area contributed by atoms with Gasteiger partial charge in [0.1, 0.15) is 11.5 Å². The minimum Gasteiger partial charge on any atom is -0.495 e. The quantitative estimate of drug-likeness (QED) is 0.871. The van der Waals surface area contributed by atoms with Gasteiger partial charge in [0.25, 0.3) is 0 Å². The van der Waals surface area contributed by atoms with E-state index in [9.17, 15) is 0 Å². The molecule has 1 fully saturated rings. The fraction of sp³-hybridized carbons (Fsp3) is 0.471. The van der Waals surface area contributed by atoms with Crippen LogP contribution in [0.3, 0.4) is 0 Å². The normalized spacial score (nSPS) is 17.3. The maximum Gasteiger partial charge on any atom is 0.249 e. The fourth-order valence-corrected chi connectivity index (χ4v) is 3.21. The number of hydrogen-bond donors (Lipinski definition) is 1. The van der Waals surface area contributed by atoms with Gasteiger partial charge < -0.3 is 19.7 Å². The summed E-state index contributed by atoms with van der Waals surface area (Å²) < 4.78 is 10.6. The second-order valence-corrected chi connectivity index (χ2v) is 6.55. The predicted molar refractivity (Wildman–Crippen MR) is 98.3 cm³/mol. The smallest absolute Gasteiger partial charge is 0.249 e. The molecule has 25 heavy (non-hydrogen) atoms. The lowest BCUT2D eigenvalue weighted by Gasteiger charge is -2.31. The number of ether oxygens (including phenoxy) is 2. The molecule has 2 aromatic rings. The Labute approximate surface area is 152 Å². The molecule has 8 heteroatoms. The summed E-state index contributed by atoms with van der Waals surface area (Å²) in [7, 11) is 3.14. The van der Waals surface area contributed by atoms with Crippen LogP contribution in [0.4, 0.5) is 17.5 Å². The van der Waals surface area contributed by atoms with Gasteiger partial charge in [0.15, 0.2) is 5.82 Å². The van der Waals surface area contributed by atoms with Crippen LogP contribution in [0.5, 0.6) is 11.5 Å². The van der Waals surface area contributed by atoms with Crippen LogP contribution < -0.4 is 19.7 Å². The number of halogens is 1. The molecule has 1 aliphatic heterocycles. The Morgan fingerprint density at radius 2 is 2.04 bits per heavy atom. The van der Waals surface area contributed by atoms with Gasteiger partial charge >= 0.3 is 0 Å². The summed E-state index contributed by atoms with van der Waals surface area (Å²) in [5.74, 6) is 2.99. The molecule has 0 amide bonds. The first-order chi connectivity index (χ1) is 12.1. The lowest BCUT2D eigenvalue weighted by molar-refractivity contribution is 0.405. The van der Waals surface area contributed by atoms with E-state index in [-0.39, 0.29) is 0 Å². The molecule has 0 saturated carbocycles. The summed E-state index contributed by atoms with van der Waals surface area (Å²) in [6, 6.07) is 3.44. The van der Waals surface area contributed by atoms with Crippen LogP contribution in [-0.2, 0) is 0 Å². The highest BCUT2D eigenvalue weighted by molar-refractivity contribution is 6.32. The van der Waals surface area contributed by atoms with E-state index < -0.39 is 0 Å². The molecule has 0 bridgehead atoms. The van der Waals surface area contributed by atoms with Crippen LogP contribution in [0, 0.1) is 5.92 Å². The summed E-state index contributed by atoms with van der Waals surface area (Å²) in [6.45, 7) is 4.22. The van der Waals surface area contributed by atoms with Gasteiger partial charge in [-0.3, -0.25) is 0 Å². The van der Waals surface area contributed by atoms with E-state index in [1.807, 2.05) is 0 Å². The zero-order valence-corrected chi connectivity index (χ0v) is 15.4. The summed E-state index contributed by atoms with van der Waals surface area (Å²) in [5.41, 5.74) is 0.662. The number of nitrogens with zero attached hydrogens (tertiary/aromatic N) is 4. The number of piperidine rings is 1. The number of anilines is 3. The molecule has 1 N–H and O–H groups in total. The van der Waals surface area contributed by atoms with Gasteiger partial charge in [0.2, 0.25) is 5.95 Å². The summed E-state index contributed by atoms with van der Waals surface area (Å²) in [5, 5.41) is 11.8. The van der Waals surface area contributed by atoms with Gasteiger partial charge in [0, 0.05) is 25.2 Å². The third-order valence-electron chi connectivity index (χ3n) is 4.25. The Kier molecular flexibility index (Phi) is 5.43. The van der Waals surface area contributed by atoms with Crippen LogP contribution in [0.2, 0.25) is 5.02 Å². The topological polar surface area (TPSA) is 72.4 Å². The van der Waals surface area contributed by atoms with Crippen molar-refractivity contribution >= 4 is 29.1 Å². The van der Waals surface area contributed by atoms with E-state index in [2.05, 4.69) is 32.3 Å². The maximum atomic E-state index is 6.14. The first-order valence-corrected chi connectivity index (χ1v) is 8.61. The minimum absolute atomic E-state index is 0.401. The molecule has 1 unspecified atom stereocenters. The van der Waals surface area contributed by atoms with Crippen LogP contribution in [0.25, 0.3) is 0 Å². The molecular formula is C17H22ClN5O2. The van der Waals surface area contributed by atoms with Crippen molar-refractivity contribution in [1.29, 1.82) is 0 Å². The summed E-state index contributed by atoms with van der Waals surface area (Å²) in [6.07, 6.45) is 4.11. The molecule has 1 aromatic heterocycles. The largest absolute Gasteiger partial charge is 0.495 e. The number of benzene rings is 1. The highest BCUT2D eigenvalue weighted by Gasteiger charge is 2.19. The summed E-state index contributed by atoms with van der Waals surface area (Å²) >= 11 is 6.14. The Balaban J connectivity index is 1.85. The number of nitrogens with one attached hydrogen (secondary N) is 1. The average Bonchev–Trinajstić information content (AvgIpc) is 2.63. The molecular weight excluding hydrogens is 342 g/mol. The van der Waals surface area contributed by atoms with Crippen molar-refractivity contribution < 1.29 is 9.47 Å². The molecule has 1 aromatic carbocycles. The van der Waals surface area contributed by atoms with Crippen LogP contribution >= 0.6 is 11.6 Å². The van der Waals surface area contributed by atoms with Gasteiger partial charge in [-0.25, -0.2) is 0 Å². The van der Waals surface area contributed by atoms with Crippen LogP contribution in [0.15, 0.2) is 18.3 Å². The van der Waals surface area contributed by atoms with Gasteiger partial charge in [-0.05, 0) is 18.8 Å². The molecule has 1 aliphatic rings. The molecule has 3 rings (SSSR count). The second kappa shape index (κ2) is 7.74. The van der Waals surface area contributed by atoms with E-state index in [4.69, 9.17) is 21.1 Å². The molecule has 7 nitrogen and oxygen atoms in total. The Bertz CT molecular complexity index is 743. The van der Waals surface area contributed by atoms with Crippen molar-refractivity contribution in [3.63, 3.8) is 0 Å². The van der Waals surface area contributed by atoms with E-state index in [0.717, 1.165) is 25.3 Å². The van der Waals surface area contributed by atoms with E-state index in [0.29, 0.717) is 34.1 Å². The molecule has 134 valence electrons. The first-order valence-electron chi connectivity index (χ1n) is 8.24. The highest BCUT2D eigenvalue weighted by Crippen LogP contribution is 2.37. The number of rotatable bonds is 5. The molecule has 2 heterocycles. The van der Waals surface area contributed by atoms with E-state index in [1.165, 1.54) is 6.42 Å². The van der Waals surface area contributed by atoms with Gasteiger partial charge in [-0.1, -0.05) is 18.5 Å². The Morgan fingerprint density at radius 3 is 2.76 bits per heavy atom. The van der Waals surface area contributed by atoms with E-state index in [1.54, 1.807) is 32.5 Å². The number of aromatic nitrogens is 3. The second-order valence-electron chi connectivity index (χ2n) is 6.14. The molecule has 1 atom stereocenters. The molecule has 1 saturated heterocycles. The zero-order valence-electron chi connectivity index (χ0n) is 14.6. The third-order valence-corrected chi connectivity index (χ3v) is 4.54. The van der Waals surface area contributed by atoms with Crippen LogP contribution in [-0.4, -0.2) is 42.5 Å². The molecule has 0 aliphatic carbocycles. The Hall–Kier alpha value is -2.28. The fourth-order valence-electron chi connectivity index (χ4n) is 2.98. The SMILES string of the molecule is COc1cc(Nc2nncc(N3CCCC(C)C3)n2)c(OC)cc1Cl. The standard InChI is InChI=1S/C17H22ClN5O2/c1-11-5-4-6-23(10-11)16-9-19-22-17(21-16)20-13-8-14(24-2)12(18)7-15(13)25-3/h7-9,11H,4-6,10H2,1-3H3,(H,20,21,22). The van der Waals surface area contributed by atoms with Crippen molar-refractivity contribution in [3.8, 4) is 11.5 Å². The number of methoxy groups -OCH3 is 2. The van der Waals surface area contributed by atoms with Gasteiger partial charge in [0.05, 0.1) is 31.1 Å². The lowest BCUT2D eigenvalue weighted by Crippen LogP contribution is -2.35. The van der Waals surface area contributed by atoms with Crippen molar-refractivity contribution in [2.45, 2.75) is 19.8 Å².